The fraction of sp³-hybridized carbons (Fsp3) is 0.524. The van der Waals surface area contributed by atoms with Gasteiger partial charge in [-0.2, -0.15) is 0 Å². The fourth-order valence-corrected chi connectivity index (χ4v) is 3.13. The van der Waals surface area contributed by atoms with E-state index in [0.29, 0.717) is 12.8 Å². The third-order valence-corrected chi connectivity index (χ3v) is 4.34. The molecule has 0 aliphatic heterocycles. The van der Waals surface area contributed by atoms with Gasteiger partial charge >= 0.3 is 6.09 Å². The van der Waals surface area contributed by atoms with Gasteiger partial charge in [0.2, 0.25) is 0 Å². The molecule has 1 aromatic rings. The van der Waals surface area contributed by atoms with Crippen molar-refractivity contribution in [2.45, 2.75) is 64.1 Å². The number of rotatable bonds is 5. The Morgan fingerprint density at radius 1 is 1.14 bits per heavy atom. The Kier molecular flexibility index (Phi) is 7.43. The van der Waals surface area contributed by atoms with Crippen molar-refractivity contribution in [1.82, 2.24) is 10.6 Å². The maximum Gasteiger partial charge on any atom is 0.407 e. The molecule has 0 saturated heterocycles. The Morgan fingerprint density at radius 3 is 2.21 bits per heavy atom. The number of benzene rings is 1. The maximum absolute atomic E-state index is 14.1. The summed E-state index contributed by atoms with van der Waals surface area (Å²) in [5.74, 6) is -1.18. The predicted octanol–water partition coefficient (Wildman–Crippen LogP) is 3.54. The number of amides is 2. The van der Waals surface area contributed by atoms with E-state index in [1.54, 1.807) is 20.8 Å². The molecule has 2 unspecified atom stereocenters. The van der Waals surface area contributed by atoms with Gasteiger partial charge in [-0.1, -0.05) is 18.8 Å². The topological polar surface area (TPSA) is 76.7 Å². The molecule has 158 valence electrons. The van der Waals surface area contributed by atoms with Gasteiger partial charge in [-0.15, -0.1) is 6.42 Å². The van der Waals surface area contributed by atoms with Gasteiger partial charge in [-0.3, -0.25) is 4.79 Å². The molecule has 1 saturated carbocycles. The van der Waals surface area contributed by atoms with E-state index in [1.165, 1.54) is 0 Å². The number of carbonyl (C=O) groups excluding carboxylic acids is 2. The highest BCUT2D eigenvalue weighted by Gasteiger charge is 2.30. The van der Waals surface area contributed by atoms with E-state index < -0.39 is 35.0 Å². The van der Waals surface area contributed by atoms with E-state index in [-0.39, 0.29) is 24.3 Å². The maximum atomic E-state index is 14.1. The number of carbonyl (C=O) groups is 2. The van der Waals surface area contributed by atoms with Crippen LogP contribution in [0.15, 0.2) is 12.1 Å². The molecule has 1 aromatic carbocycles. The lowest BCUT2D eigenvalue weighted by molar-refractivity contribution is 0.0475. The molecular formula is C21H26F2N2O4. The summed E-state index contributed by atoms with van der Waals surface area (Å²) < 4.78 is 38.3. The number of halogens is 2. The number of alkyl carbamates (subject to hydrolysis) is 1. The first-order valence-corrected chi connectivity index (χ1v) is 9.46. The van der Waals surface area contributed by atoms with Crippen LogP contribution in [0.5, 0.6) is 5.75 Å². The Morgan fingerprint density at radius 2 is 1.69 bits per heavy atom. The zero-order valence-corrected chi connectivity index (χ0v) is 16.8. The molecule has 6 nitrogen and oxygen atoms in total. The second kappa shape index (κ2) is 9.59. The second-order valence-electron chi connectivity index (χ2n) is 7.88. The summed E-state index contributed by atoms with van der Waals surface area (Å²) in [7, 11) is 0. The van der Waals surface area contributed by atoms with Gasteiger partial charge in [0, 0.05) is 11.6 Å². The van der Waals surface area contributed by atoms with Crippen molar-refractivity contribution in [3.05, 3.63) is 29.3 Å². The monoisotopic (exact) mass is 408 g/mol. The van der Waals surface area contributed by atoms with E-state index in [9.17, 15) is 18.4 Å². The van der Waals surface area contributed by atoms with Gasteiger partial charge in [0.25, 0.3) is 5.91 Å². The summed E-state index contributed by atoms with van der Waals surface area (Å²) in [5, 5.41) is 5.53. The normalized spacial score (nSPS) is 19.0. The van der Waals surface area contributed by atoms with Crippen LogP contribution in [-0.4, -0.2) is 36.3 Å². The molecule has 1 aliphatic carbocycles. The number of ether oxygens (including phenoxy) is 2. The van der Waals surface area contributed by atoms with Crippen LogP contribution in [0.3, 0.4) is 0 Å². The van der Waals surface area contributed by atoms with Gasteiger partial charge in [0.15, 0.2) is 17.4 Å². The van der Waals surface area contributed by atoms with Crippen LogP contribution >= 0.6 is 0 Å². The van der Waals surface area contributed by atoms with E-state index in [4.69, 9.17) is 15.9 Å². The van der Waals surface area contributed by atoms with Crippen LogP contribution in [0, 0.1) is 24.0 Å². The summed E-state index contributed by atoms with van der Waals surface area (Å²) in [5.41, 5.74) is -0.829. The predicted molar refractivity (Wildman–Crippen MR) is 104 cm³/mol. The molecule has 29 heavy (non-hydrogen) atoms. The average molecular weight is 408 g/mol. The molecule has 0 radical (unpaired) electrons. The van der Waals surface area contributed by atoms with Gasteiger partial charge in [0.1, 0.15) is 12.2 Å². The number of nitrogens with one attached hydrogen (secondary N) is 2. The highest BCUT2D eigenvalue weighted by molar-refractivity contribution is 5.94. The first kappa shape index (κ1) is 22.5. The molecular weight excluding hydrogens is 382 g/mol. The Balaban J connectivity index is 2.07. The molecule has 0 bridgehead atoms. The third-order valence-electron chi connectivity index (χ3n) is 4.34. The smallest absolute Gasteiger partial charge is 0.407 e. The SMILES string of the molecule is C#CCOc1c(F)cc(C(=O)NC2CCCCC2NC(=O)OC(C)(C)C)cc1F. The van der Waals surface area contributed by atoms with Crippen LogP contribution in [0.2, 0.25) is 0 Å². The van der Waals surface area contributed by atoms with Crippen molar-refractivity contribution in [3.63, 3.8) is 0 Å². The third kappa shape index (κ3) is 6.63. The lowest BCUT2D eigenvalue weighted by atomic mass is 9.90. The molecule has 2 atom stereocenters. The molecule has 0 spiro atoms. The molecule has 1 fully saturated rings. The molecule has 8 heteroatoms. The lowest BCUT2D eigenvalue weighted by Crippen LogP contribution is -2.53. The zero-order valence-electron chi connectivity index (χ0n) is 16.8. The van der Waals surface area contributed by atoms with Crippen molar-refractivity contribution >= 4 is 12.0 Å². The summed E-state index contributed by atoms with van der Waals surface area (Å²) in [4.78, 5) is 24.6. The Labute approximate surface area is 169 Å². The van der Waals surface area contributed by atoms with Crippen LogP contribution in [0.4, 0.5) is 13.6 Å². The summed E-state index contributed by atoms with van der Waals surface area (Å²) in [6, 6.07) is 1.06. The van der Waals surface area contributed by atoms with Crippen molar-refractivity contribution < 1.29 is 27.8 Å². The molecule has 0 heterocycles. The standard InChI is InChI=1S/C21H26F2N2O4/c1-5-10-28-18-14(22)11-13(12-15(18)23)19(26)24-16-8-6-7-9-17(16)25-20(27)29-21(2,3)4/h1,11-12,16-17H,6-10H2,2-4H3,(H,24,26)(H,25,27). The van der Waals surface area contributed by atoms with Crippen molar-refractivity contribution in [2.24, 2.45) is 0 Å². The average Bonchev–Trinajstić information content (AvgIpc) is 2.61. The first-order valence-electron chi connectivity index (χ1n) is 9.46. The lowest BCUT2D eigenvalue weighted by Gasteiger charge is -2.33. The number of terminal acetylenes is 1. The molecule has 2 rings (SSSR count). The number of hydrogen-bond donors (Lipinski definition) is 2. The first-order chi connectivity index (χ1) is 13.6. The van der Waals surface area contributed by atoms with Crippen molar-refractivity contribution in [2.75, 3.05) is 6.61 Å². The molecule has 0 aromatic heterocycles. The molecule has 2 amide bonds. The van der Waals surface area contributed by atoms with Crippen molar-refractivity contribution in [3.8, 4) is 18.1 Å². The van der Waals surface area contributed by atoms with Crippen LogP contribution in [-0.2, 0) is 4.74 Å². The quantitative estimate of drug-likeness (QED) is 0.731. The minimum absolute atomic E-state index is 0.186. The largest absolute Gasteiger partial charge is 0.475 e. The minimum Gasteiger partial charge on any atom is -0.475 e. The van der Waals surface area contributed by atoms with Crippen LogP contribution < -0.4 is 15.4 Å². The fourth-order valence-electron chi connectivity index (χ4n) is 3.13. The van der Waals surface area contributed by atoms with E-state index in [2.05, 4.69) is 16.6 Å². The van der Waals surface area contributed by atoms with Gasteiger partial charge in [0.05, 0.1) is 6.04 Å². The Hall–Kier alpha value is -2.82. The summed E-state index contributed by atoms with van der Waals surface area (Å²) in [6.07, 6.45) is 7.47. The van der Waals surface area contributed by atoms with Crippen LogP contribution in [0.25, 0.3) is 0 Å². The Bertz CT molecular complexity index is 776. The van der Waals surface area contributed by atoms with Crippen molar-refractivity contribution in [1.29, 1.82) is 0 Å². The second-order valence-corrected chi connectivity index (χ2v) is 7.88. The van der Waals surface area contributed by atoms with E-state index >= 15 is 0 Å². The van der Waals surface area contributed by atoms with E-state index in [1.807, 2.05) is 0 Å². The highest BCUT2D eigenvalue weighted by atomic mass is 19.1. The molecule has 1 aliphatic rings. The van der Waals surface area contributed by atoms with Gasteiger partial charge in [-0.25, -0.2) is 13.6 Å². The van der Waals surface area contributed by atoms with E-state index in [0.717, 1.165) is 25.0 Å². The van der Waals surface area contributed by atoms with Gasteiger partial charge < -0.3 is 20.1 Å². The molecule has 2 N–H and O–H groups in total. The summed E-state index contributed by atoms with van der Waals surface area (Å²) >= 11 is 0. The highest BCUT2D eigenvalue weighted by Crippen LogP contribution is 2.24. The number of hydrogen-bond acceptors (Lipinski definition) is 4. The van der Waals surface area contributed by atoms with Crippen LogP contribution in [0.1, 0.15) is 56.8 Å². The van der Waals surface area contributed by atoms with Gasteiger partial charge in [-0.05, 0) is 45.7 Å². The summed E-state index contributed by atoms with van der Waals surface area (Å²) in [6.45, 7) is 4.98. The minimum atomic E-state index is -1.02. The zero-order chi connectivity index (χ0) is 21.6.